The Morgan fingerprint density at radius 2 is 0.904 bits per heavy atom. The van der Waals surface area contributed by atoms with E-state index in [1.54, 1.807) is 0 Å². The van der Waals surface area contributed by atoms with Crippen molar-refractivity contribution in [2.24, 2.45) is 0 Å². The summed E-state index contributed by atoms with van der Waals surface area (Å²) in [6, 6.07) is 64.4. The highest BCUT2D eigenvalue weighted by Crippen LogP contribution is 2.50. The lowest BCUT2D eigenvalue weighted by atomic mass is 9.83. The topological polar surface area (TPSA) is 18.1 Å². The van der Waals surface area contributed by atoms with Crippen LogP contribution in [0, 0.1) is 0 Å². The van der Waals surface area contributed by atoms with E-state index < -0.39 is 0 Å². The van der Waals surface area contributed by atoms with E-state index in [1.807, 2.05) is 0 Å². The van der Waals surface area contributed by atoms with E-state index in [9.17, 15) is 0 Å². The highest BCUT2D eigenvalue weighted by Gasteiger charge is 2.24. The van der Waals surface area contributed by atoms with Crippen molar-refractivity contribution >= 4 is 86.8 Å². The number of aromatic nitrogens is 1. The Balaban J connectivity index is 1.23. The van der Waals surface area contributed by atoms with Gasteiger partial charge in [-0.15, -0.1) is 0 Å². The number of hydrogen-bond acceptors (Lipinski definition) is 1. The van der Waals surface area contributed by atoms with Crippen LogP contribution in [-0.4, -0.2) is 4.57 Å². The molecule has 0 atom stereocenters. The van der Waals surface area contributed by atoms with E-state index in [1.165, 1.54) is 104 Å². The van der Waals surface area contributed by atoms with Gasteiger partial charge in [-0.05, 0) is 84.7 Å². The fourth-order valence-corrected chi connectivity index (χ4v) is 9.25. The second kappa shape index (κ2) is 10.3. The van der Waals surface area contributed by atoms with Gasteiger partial charge in [0.05, 0.1) is 16.7 Å². The molecular weight excluding hydrogens is 631 g/mol. The van der Waals surface area contributed by atoms with Crippen LogP contribution in [0.15, 0.2) is 180 Å². The van der Waals surface area contributed by atoms with Crippen LogP contribution >= 0.6 is 0 Å². The van der Waals surface area contributed by atoms with Gasteiger partial charge in [-0.1, -0.05) is 146 Å². The molecule has 2 heterocycles. The first-order chi connectivity index (χ1) is 25.8. The van der Waals surface area contributed by atoms with E-state index in [0.29, 0.717) is 0 Å². The summed E-state index contributed by atoms with van der Waals surface area (Å²) in [6.45, 7) is 0. The van der Waals surface area contributed by atoms with Crippen molar-refractivity contribution in [3.05, 3.63) is 176 Å². The average molecular weight is 660 g/mol. The average Bonchev–Trinajstić information content (AvgIpc) is 3.76. The van der Waals surface area contributed by atoms with Crippen LogP contribution in [0.3, 0.4) is 0 Å². The predicted molar refractivity (Wildman–Crippen MR) is 220 cm³/mol. The van der Waals surface area contributed by atoms with Gasteiger partial charge in [0, 0.05) is 32.5 Å². The van der Waals surface area contributed by atoms with Gasteiger partial charge >= 0.3 is 0 Å². The maximum atomic E-state index is 6.39. The smallest absolute Gasteiger partial charge is 0.136 e. The molecule has 2 nitrogen and oxygen atoms in total. The fraction of sp³-hybridized carbons (Fsp3) is 0. The molecule has 0 saturated carbocycles. The van der Waals surface area contributed by atoms with Crippen LogP contribution in [0.2, 0.25) is 0 Å². The minimum absolute atomic E-state index is 0.934. The first kappa shape index (κ1) is 27.9. The van der Waals surface area contributed by atoms with Crippen molar-refractivity contribution in [1.82, 2.24) is 4.57 Å². The van der Waals surface area contributed by atoms with E-state index in [0.717, 1.165) is 11.2 Å². The number of fused-ring (bicyclic) bond motifs is 7. The SMILES string of the molecule is c1ccc(-n2c3ccccc3c3ccc4ccccc4c32)c(-c2c3ccccc3c(-c3cc4cccc5oc6cccc3c6c45)c3ccccc23)c1. The molecule has 0 saturated heterocycles. The summed E-state index contributed by atoms with van der Waals surface area (Å²) in [5, 5.41) is 14.8. The fourth-order valence-electron chi connectivity index (χ4n) is 9.25. The Morgan fingerprint density at radius 1 is 0.346 bits per heavy atom. The summed E-state index contributed by atoms with van der Waals surface area (Å²) < 4.78 is 8.90. The van der Waals surface area contributed by atoms with Crippen LogP contribution in [0.1, 0.15) is 0 Å². The lowest BCUT2D eigenvalue weighted by molar-refractivity contribution is 0.669. The largest absolute Gasteiger partial charge is 0.456 e. The van der Waals surface area contributed by atoms with Crippen LogP contribution in [0.25, 0.3) is 115 Å². The zero-order valence-electron chi connectivity index (χ0n) is 28.1. The van der Waals surface area contributed by atoms with E-state index in [-0.39, 0.29) is 0 Å². The van der Waals surface area contributed by atoms with Gasteiger partial charge in [0.2, 0.25) is 0 Å². The molecule has 2 heteroatoms. The summed E-state index contributed by atoms with van der Waals surface area (Å²) in [6.07, 6.45) is 0. The van der Waals surface area contributed by atoms with Crippen LogP contribution in [0.4, 0.5) is 0 Å². The maximum absolute atomic E-state index is 6.39. The molecule has 52 heavy (non-hydrogen) atoms. The van der Waals surface area contributed by atoms with Crippen molar-refractivity contribution in [2.75, 3.05) is 0 Å². The molecule has 0 spiro atoms. The van der Waals surface area contributed by atoms with E-state index in [2.05, 4.69) is 180 Å². The van der Waals surface area contributed by atoms with Crippen molar-refractivity contribution in [3.63, 3.8) is 0 Å². The number of furan rings is 1. The van der Waals surface area contributed by atoms with Gasteiger partial charge in [0.15, 0.2) is 0 Å². The number of hydrogen-bond donors (Lipinski definition) is 0. The monoisotopic (exact) mass is 659 g/mol. The Labute approximate surface area is 298 Å². The van der Waals surface area contributed by atoms with Gasteiger partial charge in [0.25, 0.3) is 0 Å². The molecule has 2 aromatic heterocycles. The zero-order chi connectivity index (χ0) is 33.9. The third-order valence-electron chi connectivity index (χ3n) is 11.3. The number of para-hydroxylation sites is 2. The molecule has 12 rings (SSSR count). The Hall–Kier alpha value is -6.90. The Morgan fingerprint density at radius 3 is 1.67 bits per heavy atom. The number of nitrogens with zero attached hydrogens (tertiary/aromatic N) is 1. The molecule has 0 aliphatic rings. The minimum Gasteiger partial charge on any atom is -0.456 e. The lowest BCUT2D eigenvalue weighted by Gasteiger charge is -2.21. The van der Waals surface area contributed by atoms with Crippen LogP contribution in [-0.2, 0) is 0 Å². The molecule has 0 aliphatic carbocycles. The van der Waals surface area contributed by atoms with Crippen LogP contribution < -0.4 is 0 Å². The molecule has 0 unspecified atom stereocenters. The summed E-state index contributed by atoms with van der Waals surface area (Å²) in [7, 11) is 0. The molecular formula is C50H29NO. The molecule has 0 aliphatic heterocycles. The maximum Gasteiger partial charge on any atom is 0.136 e. The second-order valence-corrected chi connectivity index (χ2v) is 14.0. The number of benzene rings is 10. The highest BCUT2D eigenvalue weighted by molar-refractivity contribution is 6.30. The molecule has 12 aromatic rings. The van der Waals surface area contributed by atoms with Gasteiger partial charge < -0.3 is 8.98 Å². The summed E-state index contributed by atoms with van der Waals surface area (Å²) >= 11 is 0. The predicted octanol–water partition coefficient (Wildman–Crippen LogP) is 14.1. The lowest BCUT2D eigenvalue weighted by Crippen LogP contribution is -1.99. The van der Waals surface area contributed by atoms with E-state index >= 15 is 0 Å². The van der Waals surface area contributed by atoms with Crippen molar-refractivity contribution in [2.45, 2.75) is 0 Å². The van der Waals surface area contributed by atoms with Crippen molar-refractivity contribution in [3.8, 4) is 27.9 Å². The number of rotatable bonds is 3. The van der Waals surface area contributed by atoms with E-state index in [4.69, 9.17) is 4.42 Å². The quantitative estimate of drug-likeness (QED) is 0.136. The molecule has 0 radical (unpaired) electrons. The first-order valence-electron chi connectivity index (χ1n) is 17.9. The summed E-state index contributed by atoms with van der Waals surface area (Å²) in [5.74, 6) is 0. The van der Waals surface area contributed by atoms with Gasteiger partial charge in [-0.25, -0.2) is 0 Å². The molecule has 10 aromatic carbocycles. The molecule has 0 N–H and O–H groups in total. The Kier molecular flexibility index (Phi) is 5.53. The third kappa shape index (κ3) is 3.63. The Bertz CT molecular complexity index is 3360. The standard InChI is InChI=1S/C50H29NO/c1-2-15-32-30(13-1)27-28-39-33-16-7-9-23-42(33)51(50(32)39)43-24-10-8-21-40(43)47-34-17-3-5-19-36(34)48(37-20-6-4-18-35(37)47)41-29-31-14-11-25-44-46(31)49-38(41)22-12-26-45(49)52-44/h1-29H. The van der Waals surface area contributed by atoms with Gasteiger partial charge in [0.1, 0.15) is 11.2 Å². The van der Waals surface area contributed by atoms with Crippen molar-refractivity contribution in [1.29, 1.82) is 0 Å². The molecule has 0 fully saturated rings. The minimum atomic E-state index is 0.934. The second-order valence-electron chi connectivity index (χ2n) is 14.0. The summed E-state index contributed by atoms with van der Waals surface area (Å²) in [4.78, 5) is 0. The zero-order valence-corrected chi connectivity index (χ0v) is 28.1. The first-order valence-corrected chi connectivity index (χ1v) is 17.9. The van der Waals surface area contributed by atoms with Crippen LogP contribution in [0.5, 0.6) is 0 Å². The summed E-state index contributed by atoms with van der Waals surface area (Å²) in [5.41, 5.74) is 10.4. The van der Waals surface area contributed by atoms with Gasteiger partial charge in [-0.2, -0.15) is 0 Å². The third-order valence-corrected chi connectivity index (χ3v) is 11.3. The van der Waals surface area contributed by atoms with Gasteiger partial charge in [-0.3, -0.25) is 0 Å². The molecule has 0 bridgehead atoms. The van der Waals surface area contributed by atoms with Crippen molar-refractivity contribution < 1.29 is 4.42 Å². The normalized spacial score (nSPS) is 12.2. The highest BCUT2D eigenvalue weighted by atomic mass is 16.3. The molecule has 0 amide bonds. The molecule has 240 valence electrons.